The van der Waals surface area contributed by atoms with Gasteiger partial charge in [-0.1, -0.05) is 27.7 Å². The summed E-state index contributed by atoms with van der Waals surface area (Å²) in [6, 6.07) is 7.89. The molecule has 33 heavy (non-hydrogen) atoms. The topological polar surface area (TPSA) is 44.7 Å². The molecule has 0 radical (unpaired) electrons. The van der Waals surface area contributed by atoms with Gasteiger partial charge in [0.05, 0.1) is 6.10 Å². The Morgan fingerprint density at radius 1 is 1.12 bits per heavy atom. The lowest BCUT2D eigenvalue weighted by Gasteiger charge is -2.28. The summed E-state index contributed by atoms with van der Waals surface area (Å²) in [6.45, 7) is 16.1. The third kappa shape index (κ3) is 6.63. The van der Waals surface area contributed by atoms with Gasteiger partial charge in [-0.3, -0.25) is 0 Å². The molecule has 0 spiro atoms. The lowest BCUT2D eigenvalue weighted by atomic mass is 9.91. The van der Waals surface area contributed by atoms with Crippen LogP contribution in [0.2, 0.25) is 0 Å². The monoisotopic (exact) mass is 456 g/mol. The highest BCUT2D eigenvalue weighted by Crippen LogP contribution is 2.33. The maximum atomic E-state index is 14.8. The van der Waals surface area contributed by atoms with E-state index in [1.54, 1.807) is 6.07 Å². The van der Waals surface area contributed by atoms with E-state index in [0.717, 1.165) is 53.9 Å². The third-order valence-electron chi connectivity index (χ3n) is 6.39. The zero-order valence-corrected chi connectivity index (χ0v) is 21.4. The Morgan fingerprint density at radius 2 is 1.79 bits per heavy atom. The number of aryl methyl sites for hydroxylation is 3. The second kappa shape index (κ2) is 10.3. The molecule has 1 aliphatic heterocycles. The van der Waals surface area contributed by atoms with E-state index in [2.05, 4.69) is 57.0 Å². The largest absolute Gasteiger partial charge is 0.488 e. The van der Waals surface area contributed by atoms with Crippen LogP contribution in [0.3, 0.4) is 0 Å². The summed E-state index contributed by atoms with van der Waals surface area (Å²) in [5.41, 5.74) is 6.57. The first-order valence-electron chi connectivity index (χ1n) is 12.3. The van der Waals surface area contributed by atoms with Crippen molar-refractivity contribution in [2.75, 3.05) is 16.8 Å². The molecule has 0 saturated heterocycles. The molecule has 182 valence electrons. The number of nitrogens with zero attached hydrogens (tertiary/aromatic N) is 1. The standard InChI is InChI=1S/C28H41FN2O2/c1-8-20(4)33-25-15-21-10-9-11-31(17-22(21)14-24(25)29)23-12-18(2)27(19(3)13-23)30-26(32)16-28(5,6)7/h12-15,20,26,30,32H,8-11,16-17H2,1-7H3/t20-,26?/m1/s1. The lowest BCUT2D eigenvalue weighted by Crippen LogP contribution is -2.26. The number of nitrogens with one attached hydrogen (secondary N) is 1. The van der Waals surface area contributed by atoms with Gasteiger partial charge in [0.15, 0.2) is 11.6 Å². The van der Waals surface area contributed by atoms with Crippen molar-refractivity contribution in [3.8, 4) is 5.75 Å². The quantitative estimate of drug-likeness (QED) is 0.453. The number of anilines is 2. The van der Waals surface area contributed by atoms with Crippen LogP contribution in [-0.2, 0) is 13.0 Å². The predicted octanol–water partition coefficient (Wildman–Crippen LogP) is 6.74. The Kier molecular flexibility index (Phi) is 7.94. The van der Waals surface area contributed by atoms with E-state index < -0.39 is 6.23 Å². The van der Waals surface area contributed by atoms with Crippen LogP contribution in [0.15, 0.2) is 24.3 Å². The van der Waals surface area contributed by atoms with E-state index in [-0.39, 0.29) is 17.3 Å². The first kappa shape index (κ1) is 25.4. The summed E-state index contributed by atoms with van der Waals surface area (Å²) in [6.07, 6.45) is 2.85. The van der Waals surface area contributed by atoms with Crippen LogP contribution in [-0.4, -0.2) is 24.0 Å². The van der Waals surface area contributed by atoms with Gasteiger partial charge in [-0.05, 0) is 98.4 Å². The summed E-state index contributed by atoms with van der Waals surface area (Å²) >= 11 is 0. The average molecular weight is 457 g/mol. The Bertz CT molecular complexity index is 944. The molecule has 0 bridgehead atoms. The molecule has 0 saturated carbocycles. The van der Waals surface area contributed by atoms with Crippen LogP contribution in [0.5, 0.6) is 5.75 Å². The fourth-order valence-electron chi connectivity index (χ4n) is 4.52. The minimum Gasteiger partial charge on any atom is -0.488 e. The summed E-state index contributed by atoms with van der Waals surface area (Å²) < 4.78 is 20.6. The summed E-state index contributed by atoms with van der Waals surface area (Å²) in [5, 5.41) is 13.8. The average Bonchev–Trinajstić information content (AvgIpc) is 2.91. The number of ether oxygens (including phenoxy) is 1. The minimum atomic E-state index is -0.590. The summed E-state index contributed by atoms with van der Waals surface area (Å²) in [7, 11) is 0. The van der Waals surface area contributed by atoms with Crippen LogP contribution < -0.4 is 15.0 Å². The number of benzene rings is 2. The third-order valence-corrected chi connectivity index (χ3v) is 6.39. The van der Waals surface area contributed by atoms with Gasteiger partial charge in [-0.2, -0.15) is 0 Å². The number of fused-ring (bicyclic) bond motifs is 1. The van der Waals surface area contributed by atoms with E-state index in [0.29, 0.717) is 18.7 Å². The summed E-state index contributed by atoms with van der Waals surface area (Å²) in [5.74, 6) is 0.0862. The molecule has 0 aromatic heterocycles. The molecule has 1 heterocycles. The highest BCUT2D eigenvalue weighted by atomic mass is 19.1. The van der Waals surface area contributed by atoms with Crippen LogP contribution >= 0.6 is 0 Å². The number of hydrogen-bond donors (Lipinski definition) is 2. The molecule has 4 nitrogen and oxygen atoms in total. The van der Waals surface area contributed by atoms with Gasteiger partial charge in [-0.15, -0.1) is 0 Å². The van der Waals surface area contributed by atoms with Crippen molar-refractivity contribution < 1.29 is 14.2 Å². The van der Waals surface area contributed by atoms with Gasteiger partial charge in [0, 0.05) is 24.5 Å². The number of halogens is 1. The van der Waals surface area contributed by atoms with E-state index in [1.165, 1.54) is 5.56 Å². The summed E-state index contributed by atoms with van der Waals surface area (Å²) in [4.78, 5) is 2.33. The van der Waals surface area contributed by atoms with Crippen LogP contribution in [0.4, 0.5) is 15.8 Å². The smallest absolute Gasteiger partial charge is 0.165 e. The first-order chi connectivity index (χ1) is 15.5. The molecule has 0 amide bonds. The zero-order valence-electron chi connectivity index (χ0n) is 21.4. The van der Waals surface area contributed by atoms with Gasteiger partial charge < -0.3 is 20.1 Å². The number of hydrogen-bond acceptors (Lipinski definition) is 4. The number of aliphatic hydroxyl groups is 1. The molecule has 1 unspecified atom stereocenters. The van der Waals surface area contributed by atoms with E-state index in [9.17, 15) is 9.50 Å². The maximum absolute atomic E-state index is 14.8. The van der Waals surface area contributed by atoms with Crippen molar-refractivity contribution in [2.24, 2.45) is 5.41 Å². The fourth-order valence-corrected chi connectivity index (χ4v) is 4.52. The fraction of sp³-hybridized carbons (Fsp3) is 0.571. The van der Waals surface area contributed by atoms with E-state index >= 15 is 0 Å². The van der Waals surface area contributed by atoms with Gasteiger partial charge in [0.2, 0.25) is 0 Å². The van der Waals surface area contributed by atoms with E-state index in [1.807, 2.05) is 19.9 Å². The van der Waals surface area contributed by atoms with Crippen molar-refractivity contribution in [3.63, 3.8) is 0 Å². The van der Waals surface area contributed by atoms with Crippen LogP contribution in [0.25, 0.3) is 0 Å². The van der Waals surface area contributed by atoms with Crippen molar-refractivity contribution >= 4 is 11.4 Å². The SMILES string of the molecule is CC[C@@H](C)Oc1cc2c(cc1F)CN(c1cc(C)c(NC(O)CC(C)(C)C)c(C)c1)CCC2. The van der Waals surface area contributed by atoms with Crippen molar-refractivity contribution in [1.82, 2.24) is 0 Å². The second-order valence-corrected chi connectivity index (χ2v) is 10.8. The number of rotatable bonds is 7. The van der Waals surface area contributed by atoms with Crippen molar-refractivity contribution in [1.29, 1.82) is 0 Å². The van der Waals surface area contributed by atoms with Gasteiger partial charge >= 0.3 is 0 Å². The molecule has 2 atom stereocenters. The Morgan fingerprint density at radius 3 is 2.39 bits per heavy atom. The molecule has 0 fully saturated rings. The zero-order chi connectivity index (χ0) is 24.3. The number of aliphatic hydroxyl groups excluding tert-OH is 1. The lowest BCUT2D eigenvalue weighted by molar-refractivity contribution is 0.145. The molecule has 3 rings (SSSR count). The van der Waals surface area contributed by atoms with Crippen molar-refractivity contribution in [3.05, 3.63) is 52.3 Å². The Hall–Kier alpha value is -2.27. The first-order valence-corrected chi connectivity index (χ1v) is 12.3. The molecule has 2 aromatic carbocycles. The van der Waals surface area contributed by atoms with Gasteiger partial charge in [-0.25, -0.2) is 4.39 Å². The predicted molar refractivity (Wildman–Crippen MR) is 136 cm³/mol. The molecule has 0 aliphatic carbocycles. The molecule has 2 aromatic rings. The minimum absolute atomic E-state index is 0.000169. The second-order valence-electron chi connectivity index (χ2n) is 10.8. The Labute approximate surface area is 199 Å². The molecular formula is C28H41FN2O2. The normalized spacial score (nSPS) is 16.1. The molecule has 1 aliphatic rings. The highest BCUT2D eigenvalue weighted by Gasteiger charge is 2.21. The van der Waals surface area contributed by atoms with Gasteiger partial charge in [0.1, 0.15) is 6.23 Å². The van der Waals surface area contributed by atoms with Gasteiger partial charge in [0.25, 0.3) is 0 Å². The maximum Gasteiger partial charge on any atom is 0.165 e. The Balaban J connectivity index is 1.81. The van der Waals surface area contributed by atoms with Crippen molar-refractivity contribution in [2.45, 2.75) is 93.0 Å². The van der Waals surface area contributed by atoms with Crippen LogP contribution in [0.1, 0.15) is 76.1 Å². The molecule has 2 N–H and O–H groups in total. The van der Waals surface area contributed by atoms with E-state index in [4.69, 9.17) is 4.74 Å². The van der Waals surface area contributed by atoms with Crippen LogP contribution in [0, 0.1) is 25.1 Å². The molecular weight excluding hydrogens is 415 g/mol. The molecule has 5 heteroatoms. The highest BCUT2D eigenvalue weighted by molar-refractivity contribution is 5.65.